The van der Waals surface area contributed by atoms with Gasteiger partial charge >= 0.3 is 0 Å². The van der Waals surface area contributed by atoms with Crippen molar-refractivity contribution in [2.24, 2.45) is 4.99 Å². The van der Waals surface area contributed by atoms with Gasteiger partial charge < -0.3 is 4.43 Å². The first-order valence-electron chi connectivity index (χ1n) is 7.31. The molecule has 2 rings (SSSR count). The zero-order valence-corrected chi connectivity index (χ0v) is 14.2. The first-order chi connectivity index (χ1) is 10.5. The number of aliphatic imine (C=N–C) groups is 1. The number of isocyanates is 1. The van der Waals surface area contributed by atoms with Crippen LogP contribution in [0.4, 0.5) is 0 Å². The first kappa shape index (κ1) is 16.4. The Morgan fingerprint density at radius 1 is 0.955 bits per heavy atom. The number of hydrogen-bond acceptors (Lipinski definition) is 3. The zero-order valence-electron chi connectivity index (χ0n) is 13.2. The number of rotatable bonds is 5. The number of carbonyl (C=O) groups excluding carboxylic acids is 1. The molecule has 0 amide bonds. The van der Waals surface area contributed by atoms with Crippen molar-refractivity contribution in [2.75, 3.05) is 6.73 Å². The molecule has 0 fully saturated rings. The Labute approximate surface area is 132 Å². The molecule has 0 saturated heterocycles. The van der Waals surface area contributed by atoms with Gasteiger partial charge in [-0.2, -0.15) is 4.99 Å². The van der Waals surface area contributed by atoms with Crippen LogP contribution >= 0.6 is 0 Å². The van der Waals surface area contributed by atoms with Gasteiger partial charge in [0.1, 0.15) is 6.73 Å². The predicted molar refractivity (Wildman–Crippen MR) is 91.7 cm³/mol. The van der Waals surface area contributed by atoms with E-state index >= 15 is 0 Å². The van der Waals surface area contributed by atoms with E-state index in [1.807, 2.05) is 36.4 Å². The lowest BCUT2D eigenvalue weighted by molar-refractivity contribution is 0.309. The standard InChI is InChI=1S/C18H21NO2Si/c1-18(2,3)22(21-15-19-14-20,16-10-6-4-7-11-16)17-12-8-5-9-13-17/h4-13H,15H2,1-3H3. The van der Waals surface area contributed by atoms with Crippen LogP contribution in [0.25, 0.3) is 0 Å². The molecule has 0 radical (unpaired) electrons. The fourth-order valence-corrected chi connectivity index (χ4v) is 7.33. The maximum absolute atomic E-state index is 10.5. The molecule has 0 aliphatic heterocycles. The Kier molecular flexibility index (Phi) is 5.09. The molecule has 114 valence electrons. The van der Waals surface area contributed by atoms with Gasteiger partial charge in [0.05, 0.1) is 0 Å². The molecule has 0 aromatic heterocycles. The van der Waals surface area contributed by atoms with E-state index in [1.165, 1.54) is 10.4 Å². The van der Waals surface area contributed by atoms with Crippen LogP contribution < -0.4 is 10.4 Å². The zero-order chi connectivity index (χ0) is 16.1. The summed E-state index contributed by atoms with van der Waals surface area (Å²) in [7, 11) is -2.56. The molecule has 4 heteroatoms. The lowest BCUT2D eigenvalue weighted by Gasteiger charge is -2.42. The second-order valence-electron chi connectivity index (χ2n) is 6.19. The molecule has 0 aliphatic carbocycles. The summed E-state index contributed by atoms with van der Waals surface area (Å²) < 4.78 is 6.32. The Balaban J connectivity index is 2.66. The first-order valence-corrected chi connectivity index (χ1v) is 9.22. The molecule has 0 atom stereocenters. The van der Waals surface area contributed by atoms with Crippen molar-refractivity contribution in [1.82, 2.24) is 0 Å². The van der Waals surface area contributed by atoms with E-state index in [1.54, 1.807) is 6.08 Å². The maximum Gasteiger partial charge on any atom is 0.263 e. The fourth-order valence-electron chi connectivity index (χ4n) is 2.92. The van der Waals surface area contributed by atoms with Gasteiger partial charge in [-0.3, -0.25) is 0 Å². The van der Waals surface area contributed by atoms with E-state index < -0.39 is 8.32 Å². The van der Waals surface area contributed by atoms with Crippen molar-refractivity contribution in [3.05, 3.63) is 60.7 Å². The highest BCUT2D eigenvalue weighted by Gasteiger charge is 2.50. The highest BCUT2D eigenvalue weighted by molar-refractivity contribution is 6.99. The van der Waals surface area contributed by atoms with Crippen LogP contribution in [0.1, 0.15) is 20.8 Å². The summed E-state index contributed by atoms with van der Waals surface area (Å²) in [6, 6.07) is 20.5. The van der Waals surface area contributed by atoms with Crippen LogP contribution in [0.2, 0.25) is 5.04 Å². The van der Waals surface area contributed by atoms with Crippen molar-refractivity contribution in [3.63, 3.8) is 0 Å². The molecule has 3 nitrogen and oxygen atoms in total. The van der Waals surface area contributed by atoms with E-state index in [9.17, 15) is 4.79 Å². The van der Waals surface area contributed by atoms with Crippen LogP contribution in [0, 0.1) is 0 Å². The SMILES string of the molecule is CC(C)(C)[Si](OCN=C=O)(c1ccccc1)c1ccccc1. The van der Waals surface area contributed by atoms with Gasteiger partial charge in [-0.15, -0.1) is 0 Å². The van der Waals surface area contributed by atoms with Crippen LogP contribution in [-0.2, 0) is 9.22 Å². The van der Waals surface area contributed by atoms with Gasteiger partial charge in [0.2, 0.25) is 6.08 Å². The topological polar surface area (TPSA) is 38.7 Å². The molecular formula is C18H21NO2Si. The summed E-state index contributed by atoms with van der Waals surface area (Å²) in [6.45, 7) is 6.59. The number of nitrogens with zero attached hydrogens (tertiary/aromatic N) is 1. The maximum atomic E-state index is 10.5. The van der Waals surface area contributed by atoms with Crippen molar-refractivity contribution in [3.8, 4) is 0 Å². The quantitative estimate of drug-likeness (QED) is 0.484. The summed E-state index contributed by atoms with van der Waals surface area (Å²) in [5, 5.41) is 2.25. The van der Waals surface area contributed by atoms with Crippen molar-refractivity contribution < 1.29 is 9.22 Å². The summed E-state index contributed by atoms with van der Waals surface area (Å²) in [6.07, 6.45) is 1.57. The molecule has 0 aliphatic rings. The highest BCUT2D eigenvalue weighted by atomic mass is 28.4. The minimum Gasteiger partial charge on any atom is -0.388 e. The lowest BCUT2D eigenvalue weighted by Crippen LogP contribution is -2.66. The Hall–Kier alpha value is -2.00. The third-order valence-electron chi connectivity index (χ3n) is 3.83. The molecule has 0 heterocycles. The van der Waals surface area contributed by atoms with Crippen molar-refractivity contribution >= 4 is 24.8 Å². The van der Waals surface area contributed by atoms with Crippen molar-refractivity contribution in [1.29, 1.82) is 0 Å². The van der Waals surface area contributed by atoms with Crippen LogP contribution in [-0.4, -0.2) is 21.1 Å². The van der Waals surface area contributed by atoms with Crippen LogP contribution in [0.15, 0.2) is 65.7 Å². The molecule has 0 N–H and O–H groups in total. The summed E-state index contributed by atoms with van der Waals surface area (Å²) in [5.74, 6) is 0. The molecule has 22 heavy (non-hydrogen) atoms. The van der Waals surface area contributed by atoms with E-state index in [-0.39, 0.29) is 11.8 Å². The average Bonchev–Trinajstić information content (AvgIpc) is 2.52. The molecule has 2 aromatic rings. The molecule has 0 bridgehead atoms. The number of benzene rings is 2. The predicted octanol–water partition coefficient (Wildman–Crippen LogP) is 2.86. The van der Waals surface area contributed by atoms with Gasteiger partial charge in [0.15, 0.2) is 0 Å². The van der Waals surface area contributed by atoms with E-state index in [0.29, 0.717) is 0 Å². The van der Waals surface area contributed by atoms with E-state index in [2.05, 4.69) is 50.0 Å². The molecule has 0 unspecified atom stereocenters. The molecule has 2 aromatic carbocycles. The van der Waals surface area contributed by atoms with Crippen LogP contribution in [0.3, 0.4) is 0 Å². The van der Waals surface area contributed by atoms with Crippen molar-refractivity contribution in [2.45, 2.75) is 25.8 Å². The second-order valence-corrected chi connectivity index (χ2v) is 10.5. The normalized spacial score (nSPS) is 11.8. The van der Waals surface area contributed by atoms with Gasteiger partial charge in [0.25, 0.3) is 8.32 Å². The highest BCUT2D eigenvalue weighted by Crippen LogP contribution is 2.36. The Morgan fingerprint density at radius 3 is 1.77 bits per heavy atom. The van der Waals surface area contributed by atoms with Gasteiger partial charge in [0, 0.05) is 0 Å². The third-order valence-corrected chi connectivity index (χ3v) is 8.79. The lowest BCUT2D eigenvalue weighted by atomic mass is 10.2. The number of hydrogen-bond donors (Lipinski definition) is 0. The Bertz CT molecular complexity index is 604. The second kappa shape index (κ2) is 6.84. The third kappa shape index (κ3) is 3.09. The summed E-state index contributed by atoms with van der Waals surface area (Å²) >= 11 is 0. The minimum absolute atomic E-state index is 0.0385. The monoisotopic (exact) mass is 311 g/mol. The van der Waals surface area contributed by atoms with Gasteiger partial charge in [-0.05, 0) is 15.4 Å². The summed E-state index contributed by atoms with van der Waals surface area (Å²) in [4.78, 5) is 14.1. The average molecular weight is 311 g/mol. The molecular weight excluding hydrogens is 290 g/mol. The van der Waals surface area contributed by atoms with Gasteiger partial charge in [-0.1, -0.05) is 81.4 Å². The largest absolute Gasteiger partial charge is 0.388 e. The van der Waals surface area contributed by atoms with E-state index in [0.717, 1.165) is 0 Å². The summed E-state index contributed by atoms with van der Waals surface area (Å²) in [5.41, 5.74) is 0. The smallest absolute Gasteiger partial charge is 0.263 e. The Morgan fingerprint density at radius 2 is 1.41 bits per heavy atom. The van der Waals surface area contributed by atoms with Gasteiger partial charge in [-0.25, -0.2) is 4.79 Å². The minimum atomic E-state index is -2.56. The van der Waals surface area contributed by atoms with E-state index in [4.69, 9.17) is 4.43 Å². The molecule has 0 saturated carbocycles. The fraction of sp³-hybridized carbons (Fsp3) is 0.278. The van der Waals surface area contributed by atoms with Crippen LogP contribution in [0.5, 0.6) is 0 Å². The molecule has 0 spiro atoms.